The number of nitrogens with zero attached hydrogens (tertiary/aromatic N) is 6. The van der Waals surface area contributed by atoms with Crippen molar-refractivity contribution < 1.29 is 14.4 Å². The van der Waals surface area contributed by atoms with Crippen molar-refractivity contribution in [3.05, 3.63) is 65.0 Å². The van der Waals surface area contributed by atoms with Gasteiger partial charge in [0.15, 0.2) is 0 Å². The molecule has 200 valence electrons. The number of fused-ring (bicyclic) bond motifs is 2. The van der Waals surface area contributed by atoms with Crippen LogP contribution in [0.4, 0.5) is 11.9 Å². The second-order valence-electron chi connectivity index (χ2n) is 9.00. The van der Waals surface area contributed by atoms with Crippen LogP contribution in [0.25, 0.3) is 22.1 Å². The molecule has 3 heterocycles. The van der Waals surface area contributed by atoms with E-state index in [1.165, 1.54) is 0 Å². The van der Waals surface area contributed by atoms with Gasteiger partial charge < -0.3 is 25.9 Å². The Labute approximate surface area is 222 Å². The molecule has 0 aliphatic heterocycles. The maximum absolute atomic E-state index is 13.2. The van der Waals surface area contributed by atoms with E-state index in [-0.39, 0.29) is 5.91 Å². The zero-order valence-electron chi connectivity index (χ0n) is 21.7. The minimum absolute atomic E-state index is 0.310. The van der Waals surface area contributed by atoms with Crippen molar-refractivity contribution >= 4 is 51.7 Å². The van der Waals surface area contributed by atoms with E-state index in [1.54, 1.807) is 54.2 Å². The molecule has 0 bridgehead atoms. The van der Waals surface area contributed by atoms with Gasteiger partial charge in [0.2, 0.25) is 23.7 Å². The van der Waals surface area contributed by atoms with Gasteiger partial charge in [-0.15, -0.1) is 0 Å². The normalized spacial score (nSPS) is 11.3. The fourth-order valence-electron chi connectivity index (χ4n) is 4.64. The number of hydrogen-bond acceptors (Lipinski definition) is 7. The summed E-state index contributed by atoms with van der Waals surface area (Å²) in [5.74, 6) is -0.549. The quantitative estimate of drug-likeness (QED) is 0.226. The van der Waals surface area contributed by atoms with Crippen LogP contribution >= 0.6 is 0 Å². The van der Waals surface area contributed by atoms with E-state index in [0.717, 1.165) is 11.2 Å². The lowest BCUT2D eigenvalue weighted by Crippen LogP contribution is -2.20. The molecule has 2 aromatic carbocycles. The number of carbonyl (C=O) groups excluding carboxylic acids is 3. The summed E-state index contributed by atoms with van der Waals surface area (Å²) in [7, 11) is 1.76. The number of aromatic nitrogens is 6. The van der Waals surface area contributed by atoms with E-state index in [0.29, 0.717) is 64.9 Å². The van der Waals surface area contributed by atoms with E-state index in [1.807, 2.05) is 23.0 Å². The van der Waals surface area contributed by atoms with Crippen molar-refractivity contribution in [2.24, 2.45) is 11.5 Å². The molecule has 0 aliphatic carbocycles. The first-order chi connectivity index (χ1) is 18.7. The predicted molar refractivity (Wildman–Crippen MR) is 147 cm³/mol. The number of aryl methyl sites for hydroxylation is 4. The Morgan fingerprint density at radius 2 is 1.38 bits per heavy atom. The molecule has 13 heteroatoms. The molecule has 5 rings (SSSR count). The Morgan fingerprint density at radius 1 is 0.846 bits per heavy atom. The molecule has 5 aromatic rings. The van der Waals surface area contributed by atoms with Gasteiger partial charge in [-0.2, -0.15) is 5.10 Å². The first-order valence-corrected chi connectivity index (χ1v) is 12.3. The van der Waals surface area contributed by atoms with E-state index in [4.69, 9.17) is 11.5 Å². The molecule has 0 atom stereocenters. The number of anilines is 2. The van der Waals surface area contributed by atoms with Crippen molar-refractivity contribution in [1.82, 2.24) is 28.9 Å². The number of hydrogen-bond donors (Lipinski definition) is 4. The minimum Gasteiger partial charge on any atom is -0.366 e. The molecule has 0 radical (unpaired) electrons. The van der Waals surface area contributed by atoms with E-state index >= 15 is 0 Å². The number of imidazole rings is 2. The van der Waals surface area contributed by atoms with Crippen LogP contribution < -0.4 is 22.1 Å². The monoisotopic (exact) mass is 528 g/mol. The average molecular weight is 529 g/mol. The molecule has 0 spiro atoms. The first kappa shape index (κ1) is 25.4. The maximum atomic E-state index is 13.2. The third-order valence-electron chi connectivity index (χ3n) is 6.50. The van der Waals surface area contributed by atoms with Gasteiger partial charge in [0.1, 0.15) is 5.69 Å². The van der Waals surface area contributed by atoms with Gasteiger partial charge in [0.25, 0.3) is 5.91 Å². The smallest absolute Gasteiger partial charge is 0.276 e. The van der Waals surface area contributed by atoms with Crippen LogP contribution in [0.15, 0.2) is 42.5 Å². The van der Waals surface area contributed by atoms with Crippen molar-refractivity contribution in [2.75, 3.05) is 17.7 Å². The van der Waals surface area contributed by atoms with Crippen molar-refractivity contribution in [1.29, 1.82) is 0 Å². The number of rotatable bonds is 9. The van der Waals surface area contributed by atoms with Crippen molar-refractivity contribution in [2.45, 2.75) is 33.5 Å². The average Bonchev–Trinajstić information content (AvgIpc) is 3.58. The van der Waals surface area contributed by atoms with E-state index in [2.05, 4.69) is 25.7 Å². The van der Waals surface area contributed by atoms with Crippen LogP contribution in [0.1, 0.15) is 43.8 Å². The number of carbonyl (C=O) groups is 3. The fourth-order valence-corrected chi connectivity index (χ4v) is 4.64. The third kappa shape index (κ3) is 4.65. The summed E-state index contributed by atoms with van der Waals surface area (Å²) in [4.78, 5) is 45.9. The lowest BCUT2D eigenvalue weighted by atomic mass is 10.2. The minimum atomic E-state index is -0.571. The van der Waals surface area contributed by atoms with Crippen LogP contribution in [0, 0.1) is 6.92 Å². The van der Waals surface area contributed by atoms with Crippen molar-refractivity contribution in [3.8, 4) is 0 Å². The molecule has 13 nitrogen and oxygen atoms in total. The van der Waals surface area contributed by atoms with Gasteiger partial charge in [0, 0.05) is 37.8 Å². The highest BCUT2D eigenvalue weighted by molar-refractivity contribution is 6.03. The maximum Gasteiger partial charge on any atom is 0.276 e. The zero-order chi connectivity index (χ0) is 27.8. The lowest BCUT2D eigenvalue weighted by molar-refractivity contribution is 0.0992. The summed E-state index contributed by atoms with van der Waals surface area (Å²) in [6.07, 6.45) is 0. The SMILES string of the molecule is CCn1nc(C)cc1C(=O)Nc1nc2cc(C(N)=O)ccc2n1CCn1c(NC)nc2cc(C(N)=O)ccc21. The molecule has 0 unspecified atom stereocenters. The summed E-state index contributed by atoms with van der Waals surface area (Å²) >= 11 is 0. The molecule has 0 saturated heterocycles. The largest absolute Gasteiger partial charge is 0.366 e. The molecule has 6 N–H and O–H groups in total. The Morgan fingerprint density at radius 3 is 1.90 bits per heavy atom. The standard InChI is InChI=1S/C26H28N10O3/c1-4-36-21(11-14(2)33-36)24(39)32-26-31-18-13-16(23(28)38)6-8-20(18)35(26)10-9-34-19-7-5-15(22(27)37)12-17(19)30-25(34)29-3/h5-8,11-13H,4,9-10H2,1-3H3,(H2,27,37)(H2,28,38)(H,29,30)(H,31,32,39). The van der Waals surface area contributed by atoms with E-state index in [9.17, 15) is 14.4 Å². The Balaban J connectivity index is 1.54. The molecule has 3 amide bonds. The number of benzene rings is 2. The number of amides is 3. The molecular weight excluding hydrogens is 500 g/mol. The zero-order valence-corrected chi connectivity index (χ0v) is 21.7. The molecule has 0 aliphatic rings. The van der Waals surface area contributed by atoms with Crippen LogP contribution in [-0.4, -0.2) is 53.7 Å². The number of primary amides is 2. The summed E-state index contributed by atoms with van der Waals surface area (Å²) < 4.78 is 5.45. The number of nitrogens with one attached hydrogen (secondary N) is 2. The fraction of sp³-hybridized carbons (Fsp3) is 0.231. The van der Waals surface area contributed by atoms with Crippen molar-refractivity contribution in [3.63, 3.8) is 0 Å². The van der Waals surface area contributed by atoms with Gasteiger partial charge in [-0.1, -0.05) is 0 Å². The Bertz CT molecular complexity index is 1760. The summed E-state index contributed by atoms with van der Waals surface area (Å²) in [5.41, 5.74) is 15.4. The van der Waals surface area contributed by atoms with Gasteiger partial charge in [-0.25, -0.2) is 9.97 Å². The Kier molecular flexibility index (Phi) is 6.48. The van der Waals surface area contributed by atoms with Gasteiger partial charge in [0.05, 0.1) is 27.8 Å². The van der Waals surface area contributed by atoms with Crippen LogP contribution in [0.2, 0.25) is 0 Å². The second kappa shape index (κ2) is 9.93. The molecular formula is C26H28N10O3. The lowest BCUT2D eigenvalue weighted by Gasteiger charge is -2.13. The summed E-state index contributed by atoms with van der Waals surface area (Å²) in [5, 5.41) is 10.4. The van der Waals surface area contributed by atoms with Gasteiger partial charge >= 0.3 is 0 Å². The van der Waals surface area contributed by atoms with Crippen LogP contribution in [0.5, 0.6) is 0 Å². The second-order valence-corrected chi connectivity index (χ2v) is 9.00. The van der Waals surface area contributed by atoms with Crippen LogP contribution in [-0.2, 0) is 19.6 Å². The van der Waals surface area contributed by atoms with Crippen LogP contribution in [0.3, 0.4) is 0 Å². The highest BCUT2D eigenvalue weighted by Gasteiger charge is 2.20. The summed E-state index contributed by atoms with van der Waals surface area (Å²) in [6.45, 7) is 5.11. The van der Waals surface area contributed by atoms with Gasteiger partial charge in [-0.3, -0.25) is 24.4 Å². The van der Waals surface area contributed by atoms with E-state index < -0.39 is 11.8 Å². The highest BCUT2D eigenvalue weighted by atomic mass is 16.2. The molecule has 3 aromatic heterocycles. The molecule has 39 heavy (non-hydrogen) atoms. The number of nitrogens with two attached hydrogens (primary N) is 2. The van der Waals surface area contributed by atoms with Gasteiger partial charge in [-0.05, 0) is 56.3 Å². The predicted octanol–water partition coefficient (Wildman–Crippen LogP) is 2.10. The summed E-state index contributed by atoms with van der Waals surface area (Å²) in [6, 6.07) is 11.8. The molecule has 0 fully saturated rings. The first-order valence-electron chi connectivity index (χ1n) is 12.3. The third-order valence-corrected chi connectivity index (χ3v) is 6.50. The highest BCUT2D eigenvalue weighted by Crippen LogP contribution is 2.25. The molecule has 0 saturated carbocycles. The topological polar surface area (TPSA) is 181 Å². The Hall–Kier alpha value is -5.20.